The molecule has 0 aromatic rings. The van der Waals surface area contributed by atoms with Gasteiger partial charge in [0.05, 0.1) is 6.10 Å². The van der Waals surface area contributed by atoms with E-state index < -0.39 is 0 Å². The van der Waals surface area contributed by atoms with Gasteiger partial charge in [-0.15, -0.1) is 0 Å². The Morgan fingerprint density at radius 2 is 1.94 bits per heavy atom. The van der Waals surface area contributed by atoms with Crippen LogP contribution in [0.25, 0.3) is 0 Å². The minimum Gasteiger partial charge on any atom is -0.377 e. The van der Waals surface area contributed by atoms with Crippen LogP contribution >= 0.6 is 0 Å². The highest BCUT2D eigenvalue weighted by Crippen LogP contribution is 2.32. The summed E-state index contributed by atoms with van der Waals surface area (Å²) in [5, 5.41) is 0. The largest absolute Gasteiger partial charge is 0.377 e. The maximum Gasteiger partial charge on any atom is 0.0752 e. The third kappa shape index (κ3) is 4.81. The van der Waals surface area contributed by atoms with Crippen molar-refractivity contribution in [2.45, 2.75) is 52.6 Å². The summed E-state index contributed by atoms with van der Waals surface area (Å²) in [6.45, 7) is 10.6. The summed E-state index contributed by atoms with van der Waals surface area (Å²) in [5.41, 5.74) is 0.347. The first-order valence-corrected chi connectivity index (χ1v) is 7.08. The number of methoxy groups -OCH3 is 1. The van der Waals surface area contributed by atoms with E-state index in [1.54, 1.807) is 7.11 Å². The molecule has 0 spiro atoms. The third-order valence-corrected chi connectivity index (χ3v) is 3.68. The molecule has 0 radical (unpaired) electrons. The molecule has 0 amide bonds. The molecule has 2 nitrogen and oxygen atoms in total. The van der Waals surface area contributed by atoms with Crippen LogP contribution in [0.3, 0.4) is 0 Å². The summed E-state index contributed by atoms with van der Waals surface area (Å²) in [7, 11) is 1.80. The normalized spacial score (nSPS) is 28.9. The van der Waals surface area contributed by atoms with Crippen LogP contribution in [0.2, 0.25) is 0 Å². The Kier molecular flexibility index (Phi) is 6.21. The average molecular weight is 239 g/mol. The van der Waals surface area contributed by atoms with Crippen LogP contribution in [0.4, 0.5) is 0 Å². The van der Waals surface area contributed by atoms with Gasteiger partial charge in [-0.3, -0.25) is 0 Å². The zero-order chi connectivity index (χ0) is 12.7. The van der Waals surface area contributed by atoms with Gasteiger partial charge in [-0.25, -0.2) is 0 Å². The molecule has 17 heavy (non-hydrogen) atoms. The molecule has 2 heteroatoms. The van der Waals surface area contributed by atoms with Crippen molar-refractivity contribution in [2.75, 3.05) is 26.7 Å². The van der Waals surface area contributed by atoms with Gasteiger partial charge in [0.1, 0.15) is 0 Å². The Labute approximate surface area is 107 Å². The lowest BCUT2D eigenvalue weighted by Crippen LogP contribution is -2.38. The Hall–Kier alpha value is -0.340. The summed E-state index contributed by atoms with van der Waals surface area (Å²) < 4.78 is 5.38. The number of rotatable bonds is 7. The van der Waals surface area contributed by atoms with E-state index in [1.165, 1.54) is 38.9 Å². The van der Waals surface area contributed by atoms with Gasteiger partial charge in [-0.2, -0.15) is 0 Å². The molecule has 0 aromatic heterocycles. The molecule has 0 fully saturated rings. The minimum atomic E-state index is 0.342. The standard InChI is InChI=1S/C15H29NO/c1-5-11-16(12-6-2)13-15(3)9-7-14(17-4)8-10-15/h7,9,14H,5-6,8,10-13H2,1-4H3/t14?,15-/m0/s1. The quantitative estimate of drug-likeness (QED) is 0.631. The van der Waals surface area contributed by atoms with Crippen molar-refractivity contribution in [3.63, 3.8) is 0 Å². The fraction of sp³-hybridized carbons (Fsp3) is 0.867. The van der Waals surface area contributed by atoms with Crippen molar-refractivity contribution in [1.29, 1.82) is 0 Å². The van der Waals surface area contributed by atoms with E-state index in [9.17, 15) is 0 Å². The van der Waals surface area contributed by atoms with E-state index >= 15 is 0 Å². The molecule has 100 valence electrons. The summed E-state index contributed by atoms with van der Waals surface area (Å²) in [5.74, 6) is 0. The molecule has 1 aliphatic carbocycles. The number of nitrogens with zero attached hydrogens (tertiary/aromatic N) is 1. The van der Waals surface area contributed by atoms with E-state index in [-0.39, 0.29) is 0 Å². The summed E-state index contributed by atoms with van der Waals surface area (Å²) >= 11 is 0. The predicted molar refractivity (Wildman–Crippen MR) is 74.3 cm³/mol. The summed E-state index contributed by atoms with van der Waals surface area (Å²) in [6.07, 6.45) is 9.87. The van der Waals surface area contributed by atoms with Crippen molar-refractivity contribution in [2.24, 2.45) is 5.41 Å². The second-order valence-electron chi connectivity index (χ2n) is 5.60. The van der Waals surface area contributed by atoms with Crippen LogP contribution in [-0.4, -0.2) is 37.7 Å². The second kappa shape index (κ2) is 7.17. The zero-order valence-corrected chi connectivity index (χ0v) is 12.0. The highest BCUT2D eigenvalue weighted by atomic mass is 16.5. The van der Waals surface area contributed by atoms with Gasteiger partial charge in [0, 0.05) is 13.7 Å². The van der Waals surface area contributed by atoms with Gasteiger partial charge in [0.25, 0.3) is 0 Å². The van der Waals surface area contributed by atoms with Gasteiger partial charge >= 0.3 is 0 Å². The molecular weight excluding hydrogens is 210 g/mol. The molecule has 0 aromatic carbocycles. The Morgan fingerprint density at radius 1 is 1.29 bits per heavy atom. The fourth-order valence-electron chi connectivity index (χ4n) is 2.73. The van der Waals surface area contributed by atoms with Crippen molar-refractivity contribution in [1.82, 2.24) is 4.90 Å². The molecule has 1 aliphatic rings. The van der Waals surface area contributed by atoms with Gasteiger partial charge in [-0.05, 0) is 44.2 Å². The molecule has 0 saturated carbocycles. The summed E-state index contributed by atoms with van der Waals surface area (Å²) in [4.78, 5) is 2.61. The van der Waals surface area contributed by atoms with E-state index in [0.29, 0.717) is 11.5 Å². The maximum atomic E-state index is 5.38. The Morgan fingerprint density at radius 3 is 2.35 bits per heavy atom. The lowest BCUT2D eigenvalue weighted by atomic mass is 9.79. The fourth-order valence-corrected chi connectivity index (χ4v) is 2.73. The third-order valence-electron chi connectivity index (χ3n) is 3.68. The van der Waals surface area contributed by atoms with Crippen LogP contribution < -0.4 is 0 Å². The molecule has 0 aliphatic heterocycles. The summed E-state index contributed by atoms with van der Waals surface area (Å²) in [6, 6.07) is 0. The highest BCUT2D eigenvalue weighted by molar-refractivity contribution is 5.06. The molecule has 2 atom stereocenters. The van der Waals surface area contributed by atoms with Crippen molar-refractivity contribution in [3.8, 4) is 0 Å². The predicted octanol–water partition coefficient (Wildman–Crippen LogP) is 3.48. The smallest absolute Gasteiger partial charge is 0.0752 e. The molecule has 1 unspecified atom stereocenters. The molecule has 0 saturated heterocycles. The van der Waals surface area contributed by atoms with E-state index in [1.807, 2.05) is 0 Å². The topological polar surface area (TPSA) is 12.5 Å². The molecule has 1 rings (SSSR count). The van der Waals surface area contributed by atoms with Crippen molar-refractivity contribution in [3.05, 3.63) is 12.2 Å². The molecular formula is C15H29NO. The van der Waals surface area contributed by atoms with Crippen LogP contribution in [0.5, 0.6) is 0 Å². The second-order valence-corrected chi connectivity index (χ2v) is 5.60. The van der Waals surface area contributed by atoms with E-state index in [2.05, 4.69) is 37.8 Å². The molecule has 0 heterocycles. The first-order chi connectivity index (χ1) is 8.13. The average Bonchev–Trinajstić information content (AvgIpc) is 2.30. The first-order valence-electron chi connectivity index (χ1n) is 7.08. The van der Waals surface area contributed by atoms with Crippen LogP contribution in [0.15, 0.2) is 12.2 Å². The SMILES string of the molecule is CCCN(CCC)C[C@@]1(C)C=CC(OC)CC1. The van der Waals surface area contributed by atoms with Gasteiger partial charge in [0.15, 0.2) is 0 Å². The lowest BCUT2D eigenvalue weighted by molar-refractivity contribution is 0.0995. The first kappa shape index (κ1) is 14.7. The van der Waals surface area contributed by atoms with Gasteiger partial charge < -0.3 is 9.64 Å². The van der Waals surface area contributed by atoms with E-state index in [4.69, 9.17) is 4.74 Å². The zero-order valence-electron chi connectivity index (χ0n) is 12.0. The number of hydrogen-bond donors (Lipinski definition) is 0. The molecule has 0 N–H and O–H groups in total. The minimum absolute atomic E-state index is 0.342. The van der Waals surface area contributed by atoms with Crippen molar-refractivity contribution < 1.29 is 4.74 Å². The van der Waals surface area contributed by atoms with Gasteiger partial charge in [0.2, 0.25) is 0 Å². The van der Waals surface area contributed by atoms with E-state index in [0.717, 1.165) is 6.42 Å². The van der Waals surface area contributed by atoms with Gasteiger partial charge in [-0.1, -0.05) is 32.9 Å². The Bertz CT molecular complexity index is 233. The Balaban J connectivity index is 2.53. The monoisotopic (exact) mass is 239 g/mol. The maximum absolute atomic E-state index is 5.38. The van der Waals surface area contributed by atoms with Crippen LogP contribution in [-0.2, 0) is 4.74 Å². The highest BCUT2D eigenvalue weighted by Gasteiger charge is 2.28. The number of hydrogen-bond acceptors (Lipinski definition) is 2. The molecule has 0 bridgehead atoms. The van der Waals surface area contributed by atoms with Crippen molar-refractivity contribution >= 4 is 0 Å². The number of ether oxygens (including phenoxy) is 1. The van der Waals surface area contributed by atoms with Crippen LogP contribution in [0.1, 0.15) is 46.5 Å². The van der Waals surface area contributed by atoms with Crippen LogP contribution in [0, 0.1) is 5.41 Å². The lowest BCUT2D eigenvalue weighted by Gasteiger charge is -2.36.